The van der Waals surface area contributed by atoms with E-state index in [9.17, 15) is 0 Å². The summed E-state index contributed by atoms with van der Waals surface area (Å²) in [6.45, 7) is 5.87. The van der Waals surface area contributed by atoms with Crippen LogP contribution in [0.4, 0.5) is 0 Å². The molecule has 0 fully saturated rings. The lowest BCUT2D eigenvalue weighted by Crippen LogP contribution is -2.18. The summed E-state index contributed by atoms with van der Waals surface area (Å²) in [5.41, 5.74) is 3.80. The van der Waals surface area contributed by atoms with Crippen molar-refractivity contribution >= 4 is 21.7 Å². The van der Waals surface area contributed by atoms with Gasteiger partial charge in [0.25, 0.3) is 0 Å². The number of fused-ring (bicyclic) bond motifs is 2. The summed E-state index contributed by atoms with van der Waals surface area (Å²) in [6.07, 6.45) is 3.28. The van der Waals surface area contributed by atoms with Crippen molar-refractivity contribution in [1.29, 1.82) is 0 Å². The molecule has 1 aromatic heterocycles. The van der Waals surface area contributed by atoms with Crippen LogP contribution in [0, 0.1) is 0 Å². The van der Waals surface area contributed by atoms with E-state index < -0.39 is 0 Å². The molecule has 3 heteroatoms. The molecular weight excluding hydrogens is 332 g/mol. The van der Waals surface area contributed by atoms with Gasteiger partial charge in [-0.1, -0.05) is 48.5 Å². The Morgan fingerprint density at radius 1 is 0.926 bits per heavy atom. The number of para-hydroxylation sites is 1. The topological polar surface area (TPSA) is 37.0 Å². The second-order valence-corrected chi connectivity index (χ2v) is 7.22. The Labute approximate surface area is 160 Å². The second kappa shape index (κ2) is 7.85. The summed E-state index contributed by atoms with van der Waals surface area (Å²) in [6, 6.07) is 21.2. The van der Waals surface area contributed by atoms with Gasteiger partial charge in [-0.3, -0.25) is 0 Å². The molecule has 0 amide bonds. The summed E-state index contributed by atoms with van der Waals surface area (Å²) in [5, 5.41) is 7.44. The van der Waals surface area contributed by atoms with Crippen LogP contribution < -0.4 is 10.1 Å². The van der Waals surface area contributed by atoms with Crippen LogP contribution in [0.15, 0.2) is 66.9 Å². The Morgan fingerprint density at radius 2 is 1.70 bits per heavy atom. The smallest absolute Gasteiger partial charge is 0.124 e. The third kappa shape index (κ3) is 3.83. The Kier molecular flexibility index (Phi) is 5.12. The van der Waals surface area contributed by atoms with Gasteiger partial charge < -0.3 is 15.0 Å². The van der Waals surface area contributed by atoms with Crippen LogP contribution in [0.5, 0.6) is 5.75 Å². The number of aromatic amines is 1. The molecule has 1 heterocycles. The minimum absolute atomic E-state index is 0.163. The van der Waals surface area contributed by atoms with Crippen LogP contribution in [0.1, 0.15) is 25.0 Å². The Morgan fingerprint density at radius 3 is 2.56 bits per heavy atom. The van der Waals surface area contributed by atoms with Crippen molar-refractivity contribution in [2.24, 2.45) is 0 Å². The van der Waals surface area contributed by atoms with Crippen molar-refractivity contribution in [3.8, 4) is 5.75 Å². The lowest BCUT2D eigenvalue weighted by atomic mass is 10.0. The number of nitrogens with one attached hydrogen (secondary N) is 2. The van der Waals surface area contributed by atoms with Gasteiger partial charge in [0, 0.05) is 29.2 Å². The molecule has 0 saturated carbocycles. The highest BCUT2D eigenvalue weighted by molar-refractivity contribution is 5.87. The van der Waals surface area contributed by atoms with Crippen LogP contribution in [-0.4, -0.2) is 17.6 Å². The first-order valence-electron chi connectivity index (χ1n) is 9.65. The first-order chi connectivity index (χ1) is 13.2. The zero-order valence-electron chi connectivity index (χ0n) is 16.0. The molecule has 0 spiro atoms. The van der Waals surface area contributed by atoms with Crippen LogP contribution in [-0.2, 0) is 13.0 Å². The van der Waals surface area contributed by atoms with Crippen LogP contribution in [0.3, 0.4) is 0 Å². The lowest BCUT2D eigenvalue weighted by Gasteiger charge is -2.17. The van der Waals surface area contributed by atoms with Gasteiger partial charge in [-0.15, -0.1) is 0 Å². The summed E-state index contributed by atoms with van der Waals surface area (Å²) < 4.78 is 6.07. The van der Waals surface area contributed by atoms with Crippen molar-refractivity contribution in [3.05, 3.63) is 78.0 Å². The van der Waals surface area contributed by atoms with E-state index in [0.717, 1.165) is 25.3 Å². The summed E-state index contributed by atoms with van der Waals surface area (Å²) in [5.74, 6) is 0.975. The molecule has 138 valence electrons. The van der Waals surface area contributed by atoms with Crippen LogP contribution in [0.25, 0.3) is 21.7 Å². The summed E-state index contributed by atoms with van der Waals surface area (Å²) >= 11 is 0. The molecule has 0 radical (unpaired) electrons. The van der Waals surface area contributed by atoms with E-state index in [0.29, 0.717) is 0 Å². The number of hydrogen-bond acceptors (Lipinski definition) is 2. The van der Waals surface area contributed by atoms with E-state index in [1.165, 1.54) is 32.8 Å². The van der Waals surface area contributed by atoms with E-state index in [-0.39, 0.29) is 6.10 Å². The molecule has 0 atom stereocenters. The largest absolute Gasteiger partial charge is 0.491 e. The summed E-state index contributed by atoms with van der Waals surface area (Å²) in [4.78, 5) is 3.35. The van der Waals surface area contributed by atoms with Gasteiger partial charge in [-0.25, -0.2) is 0 Å². The van der Waals surface area contributed by atoms with E-state index in [1.54, 1.807) is 0 Å². The number of aromatic nitrogens is 1. The van der Waals surface area contributed by atoms with Gasteiger partial charge in [0.1, 0.15) is 5.75 Å². The third-order valence-electron chi connectivity index (χ3n) is 4.91. The van der Waals surface area contributed by atoms with Crippen LogP contribution >= 0.6 is 0 Å². The van der Waals surface area contributed by atoms with E-state index in [2.05, 4.69) is 91.0 Å². The fraction of sp³-hybridized carbons (Fsp3) is 0.250. The number of benzene rings is 3. The molecule has 0 bridgehead atoms. The standard InChI is InChI=1S/C24H26N2O/c1-17(2)27-24-12-11-18-7-3-4-8-20(18)22(24)16-25-14-13-19-15-26-23-10-6-5-9-21(19)23/h3-12,15,17,25-26H,13-14,16H2,1-2H3. The normalized spacial score (nSPS) is 11.5. The highest BCUT2D eigenvalue weighted by Crippen LogP contribution is 2.29. The van der Waals surface area contributed by atoms with Crippen LogP contribution in [0.2, 0.25) is 0 Å². The zero-order chi connectivity index (χ0) is 18.6. The van der Waals surface area contributed by atoms with Crippen molar-refractivity contribution in [1.82, 2.24) is 10.3 Å². The van der Waals surface area contributed by atoms with E-state index in [4.69, 9.17) is 4.74 Å². The fourth-order valence-corrected chi connectivity index (χ4v) is 3.64. The maximum Gasteiger partial charge on any atom is 0.124 e. The Balaban J connectivity index is 1.49. The summed E-state index contributed by atoms with van der Waals surface area (Å²) in [7, 11) is 0. The van der Waals surface area contributed by atoms with Gasteiger partial charge in [-0.05, 0) is 55.3 Å². The lowest BCUT2D eigenvalue weighted by molar-refractivity contribution is 0.240. The quantitative estimate of drug-likeness (QED) is 0.432. The predicted octanol–water partition coefficient (Wildman–Crippen LogP) is 5.44. The van der Waals surface area contributed by atoms with E-state index in [1.807, 2.05) is 0 Å². The molecule has 2 N–H and O–H groups in total. The Hall–Kier alpha value is -2.78. The van der Waals surface area contributed by atoms with Gasteiger partial charge >= 0.3 is 0 Å². The average molecular weight is 358 g/mol. The highest BCUT2D eigenvalue weighted by Gasteiger charge is 2.10. The predicted molar refractivity (Wildman–Crippen MR) is 113 cm³/mol. The molecule has 0 aliphatic rings. The van der Waals surface area contributed by atoms with Crippen molar-refractivity contribution in [2.45, 2.75) is 32.9 Å². The minimum atomic E-state index is 0.163. The molecule has 4 rings (SSSR count). The number of hydrogen-bond donors (Lipinski definition) is 2. The molecule has 27 heavy (non-hydrogen) atoms. The minimum Gasteiger partial charge on any atom is -0.491 e. The molecule has 3 nitrogen and oxygen atoms in total. The SMILES string of the molecule is CC(C)Oc1ccc2ccccc2c1CNCCc1c[nH]c2ccccc12. The maximum atomic E-state index is 6.07. The molecular formula is C24H26N2O. The van der Waals surface area contributed by atoms with E-state index >= 15 is 0 Å². The van der Waals surface area contributed by atoms with Crippen molar-refractivity contribution in [2.75, 3.05) is 6.54 Å². The molecule has 0 aliphatic carbocycles. The van der Waals surface area contributed by atoms with Gasteiger partial charge in [0.15, 0.2) is 0 Å². The Bertz CT molecular complexity index is 1050. The van der Waals surface area contributed by atoms with Gasteiger partial charge in [0.2, 0.25) is 0 Å². The molecule has 0 aliphatic heterocycles. The number of rotatable bonds is 7. The monoisotopic (exact) mass is 358 g/mol. The average Bonchev–Trinajstić information content (AvgIpc) is 3.09. The first-order valence-corrected chi connectivity index (χ1v) is 9.65. The highest BCUT2D eigenvalue weighted by atomic mass is 16.5. The molecule has 3 aromatic carbocycles. The van der Waals surface area contributed by atoms with Gasteiger partial charge in [-0.2, -0.15) is 0 Å². The van der Waals surface area contributed by atoms with Crippen molar-refractivity contribution < 1.29 is 4.74 Å². The van der Waals surface area contributed by atoms with Gasteiger partial charge in [0.05, 0.1) is 6.10 Å². The first kappa shape index (κ1) is 17.6. The molecule has 0 unspecified atom stereocenters. The fourth-order valence-electron chi connectivity index (χ4n) is 3.64. The third-order valence-corrected chi connectivity index (χ3v) is 4.91. The zero-order valence-corrected chi connectivity index (χ0v) is 16.0. The molecule has 4 aromatic rings. The number of H-pyrrole nitrogens is 1. The van der Waals surface area contributed by atoms with Crippen molar-refractivity contribution in [3.63, 3.8) is 0 Å². The maximum absolute atomic E-state index is 6.07. The number of ether oxygens (including phenoxy) is 1. The molecule has 0 saturated heterocycles. The second-order valence-electron chi connectivity index (χ2n) is 7.22.